The Morgan fingerprint density at radius 3 is 2.24 bits per heavy atom. The summed E-state index contributed by atoms with van der Waals surface area (Å²) in [6.07, 6.45) is 6.51. The first-order valence-corrected chi connectivity index (χ1v) is 7.80. The van der Waals surface area contributed by atoms with Gasteiger partial charge in [0, 0.05) is 6.42 Å². The Kier molecular flexibility index (Phi) is 4.90. The van der Waals surface area contributed by atoms with Crippen molar-refractivity contribution in [2.45, 2.75) is 57.5 Å². The van der Waals surface area contributed by atoms with Crippen LogP contribution >= 0.6 is 0 Å². The Morgan fingerprint density at radius 1 is 1.19 bits per heavy atom. The number of ether oxygens (including phenoxy) is 1. The molecule has 1 saturated carbocycles. The lowest BCUT2D eigenvalue weighted by atomic mass is 9.66. The summed E-state index contributed by atoms with van der Waals surface area (Å²) < 4.78 is 5.16. The first-order chi connectivity index (χ1) is 10.0. The van der Waals surface area contributed by atoms with Crippen LogP contribution in [0.4, 0.5) is 0 Å². The van der Waals surface area contributed by atoms with Gasteiger partial charge < -0.3 is 9.84 Å². The SMILES string of the molecule is COc1ccc(CC(C)(O)C2(C#N)CCCCCC2)cc1. The van der Waals surface area contributed by atoms with E-state index >= 15 is 0 Å². The number of benzene rings is 1. The summed E-state index contributed by atoms with van der Waals surface area (Å²) in [6.45, 7) is 1.83. The van der Waals surface area contributed by atoms with Crippen molar-refractivity contribution in [3.05, 3.63) is 29.8 Å². The summed E-state index contributed by atoms with van der Waals surface area (Å²) in [7, 11) is 1.64. The molecular formula is C18H25NO2. The fourth-order valence-corrected chi connectivity index (χ4v) is 3.41. The number of hydrogen-bond acceptors (Lipinski definition) is 3. The van der Waals surface area contributed by atoms with Gasteiger partial charge in [-0.1, -0.05) is 37.8 Å². The van der Waals surface area contributed by atoms with Gasteiger partial charge in [0.15, 0.2) is 0 Å². The third kappa shape index (κ3) is 3.39. The molecule has 0 amide bonds. The van der Waals surface area contributed by atoms with Crippen LogP contribution in [0, 0.1) is 16.7 Å². The second-order valence-electron chi connectivity index (χ2n) is 6.41. The lowest BCUT2D eigenvalue weighted by molar-refractivity contribution is -0.0469. The van der Waals surface area contributed by atoms with E-state index in [-0.39, 0.29) is 0 Å². The van der Waals surface area contributed by atoms with E-state index in [0.29, 0.717) is 6.42 Å². The molecule has 0 aromatic heterocycles. The minimum atomic E-state index is -0.999. The molecule has 1 fully saturated rings. The number of methoxy groups -OCH3 is 1. The second-order valence-corrected chi connectivity index (χ2v) is 6.41. The van der Waals surface area contributed by atoms with Gasteiger partial charge in [0.2, 0.25) is 0 Å². The predicted octanol–water partition coefficient (Wildman–Crippen LogP) is 3.85. The molecule has 1 aliphatic rings. The van der Waals surface area contributed by atoms with Gasteiger partial charge in [0.25, 0.3) is 0 Å². The number of nitriles is 1. The van der Waals surface area contributed by atoms with Crippen molar-refractivity contribution in [2.24, 2.45) is 5.41 Å². The third-order valence-corrected chi connectivity index (χ3v) is 4.91. The van der Waals surface area contributed by atoms with Crippen molar-refractivity contribution in [3.63, 3.8) is 0 Å². The van der Waals surface area contributed by atoms with Crippen LogP contribution in [0.15, 0.2) is 24.3 Å². The van der Waals surface area contributed by atoms with Crippen LogP contribution in [0.25, 0.3) is 0 Å². The Hall–Kier alpha value is -1.53. The van der Waals surface area contributed by atoms with E-state index in [9.17, 15) is 10.4 Å². The predicted molar refractivity (Wildman–Crippen MR) is 83.1 cm³/mol. The topological polar surface area (TPSA) is 53.2 Å². The highest BCUT2D eigenvalue weighted by atomic mass is 16.5. The van der Waals surface area contributed by atoms with E-state index in [2.05, 4.69) is 6.07 Å². The normalized spacial score (nSPS) is 20.9. The molecule has 0 heterocycles. The smallest absolute Gasteiger partial charge is 0.118 e. The summed E-state index contributed by atoms with van der Waals surface area (Å²) in [5, 5.41) is 20.8. The highest BCUT2D eigenvalue weighted by molar-refractivity contribution is 5.29. The molecule has 1 aromatic rings. The average molecular weight is 287 g/mol. The molecule has 3 nitrogen and oxygen atoms in total. The van der Waals surface area contributed by atoms with Gasteiger partial charge in [0.1, 0.15) is 5.75 Å². The van der Waals surface area contributed by atoms with Crippen molar-refractivity contribution in [3.8, 4) is 11.8 Å². The Bertz CT molecular complexity index is 491. The summed E-state index contributed by atoms with van der Waals surface area (Å²) in [4.78, 5) is 0. The maximum Gasteiger partial charge on any atom is 0.118 e. The zero-order valence-electron chi connectivity index (χ0n) is 13.1. The Labute approximate surface area is 127 Å². The van der Waals surface area contributed by atoms with Crippen LogP contribution in [0.3, 0.4) is 0 Å². The van der Waals surface area contributed by atoms with Gasteiger partial charge in [-0.3, -0.25) is 0 Å². The van der Waals surface area contributed by atoms with Gasteiger partial charge >= 0.3 is 0 Å². The number of rotatable bonds is 4. The summed E-state index contributed by atoms with van der Waals surface area (Å²) in [5.74, 6) is 0.808. The van der Waals surface area contributed by atoms with E-state index in [0.717, 1.165) is 37.0 Å². The highest BCUT2D eigenvalue weighted by Gasteiger charge is 2.47. The van der Waals surface area contributed by atoms with Crippen molar-refractivity contribution >= 4 is 0 Å². The van der Waals surface area contributed by atoms with Gasteiger partial charge in [-0.05, 0) is 37.5 Å². The van der Waals surface area contributed by atoms with Crippen LogP contribution in [0.2, 0.25) is 0 Å². The van der Waals surface area contributed by atoms with E-state index in [4.69, 9.17) is 4.74 Å². The molecule has 1 atom stereocenters. The summed E-state index contributed by atoms with van der Waals surface area (Å²) in [5.41, 5.74) is -0.580. The molecule has 0 saturated heterocycles. The summed E-state index contributed by atoms with van der Waals surface area (Å²) >= 11 is 0. The molecule has 1 aliphatic carbocycles. The Balaban J connectivity index is 2.19. The van der Waals surface area contributed by atoms with E-state index in [1.807, 2.05) is 31.2 Å². The standard InChI is InChI=1S/C18H25NO2/c1-17(20,13-15-7-9-16(21-2)10-8-15)18(14-19)11-5-3-4-6-12-18/h7-10,20H,3-6,11-13H2,1-2H3. The summed E-state index contributed by atoms with van der Waals surface area (Å²) in [6, 6.07) is 10.2. The monoisotopic (exact) mass is 287 g/mol. The lowest BCUT2D eigenvalue weighted by Gasteiger charge is -2.40. The number of aliphatic hydroxyl groups is 1. The molecule has 0 aliphatic heterocycles. The van der Waals surface area contributed by atoms with Gasteiger partial charge in [0.05, 0.1) is 24.2 Å². The molecule has 114 valence electrons. The average Bonchev–Trinajstić information content (AvgIpc) is 2.74. The second kappa shape index (κ2) is 6.49. The fraction of sp³-hybridized carbons (Fsp3) is 0.611. The van der Waals surface area contributed by atoms with Gasteiger partial charge in [-0.2, -0.15) is 5.26 Å². The quantitative estimate of drug-likeness (QED) is 0.856. The Morgan fingerprint density at radius 2 is 1.76 bits per heavy atom. The van der Waals surface area contributed by atoms with Crippen LogP contribution in [0.5, 0.6) is 5.75 Å². The molecule has 0 spiro atoms. The van der Waals surface area contributed by atoms with Gasteiger partial charge in [-0.15, -0.1) is 0 Å². The molecule has 0 radical (unpaired) electrons. The number of hydrogen-bond donors (Lipinski definition) is 1. The zero-order valence-corrected chi connectivity index (χ0v) is 13.1. The van der Waals surface area contributed by atoms with Crippen molar-refractivity contribution in [1.82, 2.24) is 0 Å². The van der Waals surface area contributed by atoms with Crippen LogP contribution in [0.1, 0.15) is 51.0 Å². The molecule has 1 aromatic carbocycles. The van der Waals surface area contributed by atoms with E-state index in [1.165, 1.54) is 12.8 Å². The first-order valence-electron chi connectivity index (χ1n) is 7.80. The minimum absolute atomic E-state index is 0.505. The van der Waals surface area contributed by atoms with Crippen LogP contribution < -0.4 is 4.74 Å². The van der Waals surface area contributed by atoms with E-state index < -0.39 is 11.0 Å². The minimum Gasteiger partial charge on any atom is -0.497 e. The van der Waals surface area contributed by atoms with Crippen molar-refractivity contribution in [1.29, 1.82) is 5.26 Å². The lowest BCUT2D eigenvalue weighted by Crippen LogP contribution is -2.46. The molecule has 21 heavy (non-hydrogen) atoms. The maximum atomic E-state index is 11.0. The van der Waals surface area contributed by atoms with Crippen LogP contribution in [-0.4, -0.2) is 17.8 Å². The maximum absolute atomic E-state index is 11.0. The van der Waals surface area contributed by atoms with Crippen molar-refractivity contribution < 1.29 is 9.84 Å². The fourth-order valence-electron chi connectivity index (χ4n) is 3.41. The third-order valence-electron chi connectivity index (χ3n) is 4.91. The van der Waals surface area contributed by atoms with E-state index in [1.54, 1.807) is 7.11 Å². The highest BCUT2D eigenvalue weighted by Crippen LogP contribution is 2.44. The molecule has 2 rings (SSSR count). The van der Waals surface area contributed by atoms with Crippen LogP contribution in [-0.2, 0) is 6.42 Å². The number of nitrogens with zero attached hydrogens (tertiary/aromatic N) is 1. The largest absolute Gasteiger partial charge is 0.497 e. The molecule has 0 bridgehead atoms. The molecule has 3 heteroatoms. The zero-order chi connectivity index (χ0) is 15.3. The molecule has 1 unspecified atom stereocenters. The van der Waals surface area contributed by atoms with Gasteiger partial charge in [-0.25, -0.2) is 0 Å². The molecular weight excluding hydrogens is 262 g/mol. The van der Waals surface area contributed by atoms with Crippen molar-refractivity contribution in [2.75, 3.05) is 7.11 Å². The first kappa shape index (κ1) is 15.9. The molecule has 1 N–H and O–H groups in total.